The zero-order valence-electron chi connectivity index (χ0n) is 25.8. The van der Waals surface area contributed by atoms with Gasteiger partial charge in [0.1, 0.15) is 0 Å². The zero-order valence-corrected chi connectivity index (χ0v) is 26.8. The summed E-state index contributed by atoms with van der Waals surface area (Å²) in [5.74, 6) is 0. The van der Waals surface area contributed by atoms with Crippen molar-refractivity contribution in [3.05, 3.63) is 72.9 Å². The molecule has 222 valence electrons. The van der Waals surface area contributed by atoms with Gasteiger partial charge in [-0.15, -0.1) is 0 Å². The van der Waals surface area contributed by atoms with E-state index in [1.165, 1.54) is 89.9 Å². The molecule has 39 heavy (non-hydrogen) atoms. The van der Waals surface area contributed by atoms with Crippen LogP contribution in [0.5, 0.6) is 0 Å². The maximum atomic E-state index is 5.63. The Morgan fingerprint density at radius 1 is 0.359 bits per heavy atom. The van der Waals surface area contributed by atoms with Crippen LogP contribution in [-0.4, -0.2) is 23.2 Å². The van der Waals surface area contributed by atoms with E-state index in [0.29, 0.717) is 0 Å². The number of rotatable bonds is 30. The summed E-state index contributed by atoms with van der Waals surface area (Å²) in [5, 5.41) is 0. The SMILES string of the molecule is CCCCC/C=C\C/C=C\C/C=C\CCCCCO[Si]OCCCCC/C=C\C/C=C\C/C=C\CCCCC. The quantitative estimate of drug-likeness (QED) is 0.0499. The molecule has 0 fully saturated rings. The summed E-state index contributed by atoms with van der Waals surface area (Å²) in [6.45, 7) is 6.16. The second-order valence-electron chi connectivity index (χ2n) is 10.2. The van der Waals surface area contributed by atoms with Crippen molar-refractivity contribution < 1.29 is 8.85 Å². The molecule has 0 aliphatic rings. The van der Waals surface area contributed by atoms with Crippen LogP contribution in [0, 0.1) is 0 Å². The van der Waals surface area contributed by atoms with Crippen molar-refractivity contribution in [1.29, 1.82) is 0 Å². The normalized spacial score (nSPS) is 12.8. The maximum Gasteiger partial charge on any atom is 0.433 e. The predicted octanol–water partition coefficient (Wildman–Crippen LogP) is 11.7. The lowest BCUT2D eigenvalue weighted by Gasteiger charge is -2.03. The minimum atomic E-state index is 0.201. The first-order chi connectivity index (χ1) is 19.4. The summed E-state index contributed by atoms with van der Waals surface area (Å²) in [6.07, 6.45) is 51.8. The molecule has 0 saturated carbocycles. The van der Waals surface area contributed by atoms with Gasteiger partial charge in [0, 0.05) is 13.2 Å². The van der Waals surface area contributed by atoms with Gasteiger partial charge >= 0.3 is 10.0 Å². The standard InChI is InChI=1S/C36H62O2Si/c1-3-5-7-9-11-13-15-17-19-21-23-25-27-29-31-33-35-37-39-38-36-34-32-30-28-26-24-22-20-18-16-14-12-10-8-6-4-2/h11-14,17-20,23-26H,3-10,15-16,21-22,27-36H2,1-2H3/b13-11-,14-12-,19-17-,20-18-,25-23-,26-24-. The molecule has 0 unspecified atom stereocenters. The second-order valence-corrected chi connectivity index (χ2v) is 11.0. The molecule has 0 N–H and O–H groups in total. The molecule has 0 amide bonds. The smallest absolute Gasteiger partial charge is 0.393 e. The minimum absolute atomic E-state index is 0.201. The predicted molar refractivity (Wildman–Crippen MR) is 176 cm³/mol. The molecule has 0 aromatic carbocycles. The molecule has 0 rings (SSSR count). The molecule has 0 atom stereocenters. The van der Waals surface area contributed by atoms with Crippen LogP contribution in [0.3, 0.4) is 0 Å². The highest BCUT2D eigenvalue weighted by molar-refractivity contribution is 6.17. The molecule has 0 spiro atoms. The summed E-state index contributed by atoms with van der Waals surface area (Å²) in [5.41, 5.74) is 0. The minimum Gasteiger partial charge on any atom is -0.393 e. The molecule has 2 radical (unpaired) electrons. The fourth-order valence-corrected chi connectivity index (χ4v) is 4.47. The van der Waals surface area contributed by atoms with E-state index in [0.717, 1.165) is 51.7 Å². The number of hydrogen-bond acceptors (Lipinski definition) is 2. The van der Waals surface area contributed by atoms with E-state index in [1.807, 2.05) is 0 Å². The van der Waals surface area contributed by atoms with E-state index in [4.69, 9.17) is 8.85 Å². The van der Waals surface area contributed by atoms with Crippen molar-refractivity contribution in [3.63, 3.8) is 0 Å². The van der Waals surface area contributed by atoms with E-state index in [1.54, 1.807) is 0 Å². The molecular formula is C36H62O2Si. The third kappa shape index (κ3) is 36.6. The monoisotopic (exact) mass is 554 g/mol. The van der Waals surface area contributed by atoms with E-state index < -0.39 is 0 Å². The van der Waals surface area contributed by atoms with Gasteiger partial charge in [0.2, 0.25) is 0 Å². The van der Waals surface area contributed by atoms with Crippen molar-refractivity contribution in [2.24, 2.45) is 0 Å². The van der Waals surface area contributed by atoms with Crippen LogP contribution in [0.2, 0.25) is 0 Å². The summed E-state index contributed by atoms with van der Waals surface area (Å²) in [4.78, 5) is 0. The Hall–Kier alpha value is -1.42. The van der Waals surface area contributed by atoms with Gasteiger partial charge in [-0.1, -0.05) is 125 Å². The first kappa shape index (κ1) is 37.6. The molecule has 0 aromatic heterocycles. The van der Waals surface area contributed by atoms with Gasteiger partial charge in [0.15, 0.2) is 0 Å². The highest BCUT2D eigenvalue weighted by Gasteiger charge is 1.95. The van der Waals surface area contributed by atoms with Crippen molar-refractivity contribution in [1.82, 2.24) is 0 Å². The summed E-state index contributed by atoms with van der Waals surface area (Å²) < 4.78 is 11.3. The van der Waals surface area contributed by atoms with Crippen molar-refractivity contribution in [3.8, 4) is 0 Å². The first-order valence-electron chi connectivity index (χ1n) is 16.3. The van der Waals surface area contributed by atoms with Gasteiger partial charge in [-0.05, 0) is 89.9 Å². The molecule has 0 heterocycles. The Kier molecular flexibility index (Phi) is 35.2. The van der Waals surface area contributed by atoms with E-state index >= 15 is 0 Å². The van der Waals surface area contributed by atoms with Gasteiger partial charge in [-0.3, -0.25) is 0 Å². The molecule has 2 nitrogen and oxygen atoms in total. The van der Waals surface area contributed by atoms with Gasteiger partial charge in [-0.2, -0.15) is 0 Å². The number of hydrogen-bond donors (Lipinski definition) is 0. The lowest BCUT2D eigenvalue weighted by molar-refractivity contribution is 0.214. The fourth-order valence-electron chi connectivity index (χ4n) is 3.93. The lowest BCUT2D eigenvalue weighted by atomic mass is 10.2. The molecule has 0 aliphatic heterocycles. The van der Waals surface area contributed by atoms with E-state index in [2.05, 4.69) is 86.8 Å². The summed E-state index contributed by atoms with van der Waals surface area (Å²) in [6, 6.07) is 0. The van der Waals surface area contributed by atoms with Crippen molar-refractivity contribution in [2.45, 2.75) is 142 Å². The van der Waals surface area contributed by atoms with E-state index in [9.17, 15) is 0 Å². The Morgan fingerprint density at radius 2 is 0.667 bits per heavy atom. The molecule has 0 aromatic rings. The number of allylic oxidation sites excluding steroid dienone is 12. The number of unbranched alkanes of at least 4 members (excludes halogenated alkanes) is 12. The topological polar surface area (TPSA) is 18.5 Å². The first-order valence-corrected chi connectivity index (χ1v) is 17.1. The van der Waals surface area contributed by atoms with Crippen molar-refractivity contribution >= 4 is 10.0 Å². The molecular weight excluding hydrogens is 492 g/mol. The Labute approximate surface area is 246 Å². The third-order valence-electron chi connectivity index (χ3n) is 6.39. The van der Waals surface area contributed by atoms with Crippen LogP contribution in [-0.2, 0) is 8.85 Å². The molecule has 0 aliphatic carbocycles. The van der Waals surface area contributed by atoms with E-state index in [-0.39, 0.29) is 10.0 Å². The van der Waals surface area contributed by atoms with Crippen LogP contribution in [0.1, 0.15) is 142 Å². The van der Waals surface area contributed by atoms with Gasteiger partial charge < -0.3 is 8.85 Å². The Balaban J connectivity index is 3.26. The third-order valence-corrected chi connectivity index (χ3v) is 7.03. The summed E-state index contributed by atoms with van der Waals surface area (Å²) in [7, 11) is 0.201. The van der Waals surface area contributed by atoms with Crippen LogP contribution >= 0.6 is 0 Å². The van der Waals surface area contributed by atoms with Crippen LogP contribution in [0.25, 0.3) is 0 Å². The largest absolute Gasteiger partial charge is 0.433 e. The maximum absolute atomic E-state index is 5.63. The van der Waals surface area contributed by atoms with Gasteiger partial charge in [0.25, 0.3) is 0 Å². The zero-order chi connectivity index (χ0) is 28.2. The van der Waals surface area contributed by atoms with Crippen LogP contribution in [0.4, 0.5) is 0 Å². The molecule has 0 saturated heterocycles. The Bertz CT molecular complexity index is 576. The average Bonchev–Trinajstić information content (AvgIpc) is 2.95. The Morgan fingerprint density at radius 3 is 1.00 bits per heavy atom. The fraction of sp³-hybridized carbons (Fsp3) is 0.667. The van der Waals surface area contributed by atoms with Crippen LogP contribution in [0.15, 0.2) is 72.9 Å². The molecule has 0 bridgehead atoms. The summed E-state index contributed by atoms with van der Waals surface area (Å²) >= 11 is 0. The average molecular weight is 555 g/mol. The van der Waals surface area contributed by atoms with Gasteiger partial charge in [0.05, 0.1) is 0 Å². The van der Waals surface area contributed by atoms with Gasteiger partial charge in [-0.25, -0.2) is 0 Å². The van der Waals surface area contributed by atoms with Crippen LogP contribution < -0.4 is 0 Å². The second kappa shape index (κ2) is 36.6. The highest BCUT2D eigenvalue weighted by Crippen LogP contribution is 2.05. The highest BCUT2D eigenvalue weighted by atomic mass is 28.3. The lowest BCUT2D eigenvalue weighted by Crippen LogP contribution is -2.07. The van der Waals surface area contributed by atoms with Crippen molar-refractivity contribution in [2.75, 3.05) is 13.2 Å². The molecule has 3 heteroatoms.